The van der Waals surface area contributed by atoms with Crippen LogP contribution in [0.4, 0.5) is 0 Å². The van der Waals surface area contributed by atoms with Gasteiger partial charge in [-0.15, -0.1) is 0 Å². The van der Waals surface area contributed by atoms with Crippen molar-refractivity contribution in [3.05, 3.63) is 77.7 Å². The minimum Gasteiger partial charge on any atom is -0.493 e. The molecule has 0 radical (unpaired) electrons. The molecule has 1 unspecified atom stereocenters. The Balaban J connectivity index is 1.28. The lowest BCUT2D eigenvalue weighted by Gasteiger charge is -2.17. The summed E-state index contributed by atoms with van der Waals surface area (Å²) in [6, 6.07) is 19.9. The Bertz CT molecular complexity index is 1520. The molecule has 1 saturated heterocycles. The van der Waals surface area contributed by atoms with Crippen LogP contribution >= 0.6 is 0 Å². The molecule has 2 aromatic heterocycles. The minimum atomic E-state index is 0.0866. The van der Waals surface area contributed by atoms with Crippen LogP contribution in [0, 0.1) is 6.92 Å². The zero-order valence-corrected chi connectivity index (χ0v) is 18.9. The molecule has 1 aliphatic rings. The second-order valence-electron chi connectivity index (χ2n) is 8.67. The average Bonchev–Trinajstić information content (AvgIpc) is 3.56. The first-order valence-electron chi connectivity index (χ1n) is 11.3. The van der Waals surface area contributed by atoms with Crippen LogP contribution in [0.5, 0.6) is 5.75 Å². The number of methoxy groups -OCH3 is 1. The number of aryl methyl sites for hydroxylation is 1. The van der Waals surface area contributed by atoms with E-state index in [9.17, 15) is 4.79 Å². The monoisotopic (exact) mass is 453 g/mol. The topological polar surface area (TPSA) is 81.6 Å². The van der Waals surface area contributed by atoms with Gasteiger partial charge in [0.05, 0.1) is 7.11 Å². The van der Waals surface area contributed by atoms with Crippen molar-refractivity contribution in [2.45, 2.75) is 25.8 Å². The lowest BCUT2D eigenvalue weighted by Crippen LogP contribution is -2.24. The van der Waals surface area contributed by atoms with Crippen molar-refractivity contribution in [1.29, 1.82) is 0 Å². The highest BCUT2D eigenvalue weighted by Gasteiger charge is 2.33. The zero-order chi connectivity index (χ0) is 23.2. The van der Waals surface area contributed by atoms with Crippen molar-refractivity contribution in [3.63, 3.8) is 0 Å². The highest BCUT2D eigenvalue weighted by molar-refractivity contribution is 6.09. The molecule has 0 bridgehead atoms. The van der Waals surface area contributed by atoms with Crippen molar-refractivity contribution >= 4 is 27.8 Å². The van der Waals surface area contributed by atoms with E-state index >= 15 is 0 Å². The summed E-state index contributed by atoms with van der Waals surface area (Å²) in [5.74, 6) is 2.04. The molecule has 0 spiro atoms. The Morgan fingerprint density at radius 2 is 1.91 bits per heavy atom. The number of ether oxygens (including phenoxy) is 1. The number of hydrogen-bond acceptors (Lipinski definition) is 6. The summed E-state index contributed by atoms with van der Waals surface area (Å²) < 4.78 is 16.7. The molecule has 1 amide bonds. The highest BCUT2D eigenvalue weighted by Crippen LogP contribution is 2.42. The third-order valence-corrected chi connectivity index (χ3v) is 6.51. The molecule has 0 aliphatic carbocycles. The molecule has 5 aromatic rings. The number of hydrogen-bond donors (Lipinski definition) is 0. The van der Waals surface area contributed by atoms with Crippen LogP contribution < -0.4 is 4.74 Å². The van der Waals surface area contributed by atoms with Gasteiger partial charge in [0.25, 0.3) is 0 Å². The molecule has 3 heterocycles. The molecule has 34 heavy (non-hydrogen) atoms. The van der Waals surface area contributed by atoms with E-state index in [1.807, 2.05) is 53.4 Å². The molecule has 7 nitrogen and oxygen atoms in total. The predicted octanol–water partition coefficient (Wildman–Crippen LogP) is 5.47. The number of para-hydroxylation sites is 1. The number of likely N-dealkylation sites (tertiary alicyclic amines) is 1. The summed E-state index contributed by atoms with van der Waals surface area (Å²) in [5.41, 5.74) is 4.63. The SMILES string of the molecule is COc1ccc(C2CC(=O)N(Cc3ccc(-c4noc(C)n4)cc3)C2)c2c1oc1ccccc12. The van der Waals surface area contributed by atoms with E-state index in [1.165, 1.54) is 0 Å². The van der Waals surface area contributed by atoms with Crippen LogP contribution in [-0.4, -0.2) is 34.6 Å². The number of carbonyl (C=O) groups excluding carboxylic acids is 1. The number of rotatable bonds is 5. The third kappa shape index (κ3) is 3.41. The predicted molar refractivity (Wildman–Crippen MR) is 128 cm³/mol. The summed E-state index contributed by atoms with van der Waals surface area (Å²) in [6.07, 6.45) is 0.473. The Hall–Kier alpha value is -4.13. The summed E-state index contributed by atoms with van der Waals surface area (Å²) in [5, 5.41) is 6.04. The number of amides is 1. The summed E-state index contributed by atoms with van der Waals surface area (Å²) in [6.45, 7) is 2.99. The Labute approximate surface area is 195 Å². The quantitative estimate of drug-likeness (QED) is 0.351. The minimum absolute atomic E-state index is 0.0866. The van der Waals surface area contributed by atoms with Crippen LogP contribution in [-0.2, 0) is 11.3 Å². The Kier molecular flexibility index (Phi) is 4.83. The summed E-state index contributed by atoms with van der Waals surface area (Å²) >= 11 is 0. The van der Waals surface area contributed by atoms with E-state index in [1.54, 1.807) is 14.0 Å². The number of benzene rings is 3. The van der Waals surface area contributed by atoms with E-state index in [0.717, 1.165) is 38.6 Å². The van der Waals surface area contributed by atoms with Gasteiger partial charge in [-0.2, -0.15) is 4.98 Å². The van der Waals surface area contributed by atoms with E-state index < -0.39 is 0 Å². The fourth-order valence-electron chi connectivity index (χ4n) is 4.86. The van der Waals surface area contributed by atoms with Crippen molar-refractivity contribution in [1.82, 2.24) is 15.0 Å². The highest BCUT2D eigenvalue weighted by atomic mass is 16.5. The van der Waals surface area contributed by atoms with E-state index in [-0.39, 0.29) is 11.8 Å². The molecule has 7 heteroatoms. The maximum absolute atomic E-state index is 13.0. The number of carbonyl (C=O) groups is 1. The van der Waals surface area contributed by atoms with Gasteiger partial charge in [0.2, 0.25) is 17.6 Å². The number of aromatic nitrogens is 2. The Morgan fingerprint density at radius 1 is 1.09 bits per heavy atom. The molecule has 0 N–H and O–H groups in total. The van der Waals surface area contributed by atoms with Crippen molar-refractivity contribution in [2.75, 3.05) is 13.7 Å². The lowest BCUT2D eigenvalue weighted by molar-refractivity contribution is -0.128. The first-order valence-corrected chi connectivity index (χ1v) is 11.3. The van der Waals surface area contributed by atoms with Gasteiger partial charge in [-0.25, -0.2) is 0 Å². The maximum Gasteiger partial charge on any atom is 0.223 e. The van der Waals surface area contributed by atoms with E-state index in [0.29, 0.717) is 37.0 Å². The molecular formula is C27H23N3O4. The van der Waals surface area contributed by atoms with Gasteiger partial charge in [-0.3, -0.25) is 4.79 Å². The first-order chi connectivity index (χ1) is 16.6. The largest absolute Gasteiger partial charge is 0.493 e. The first kappa shape index (κ1) is 20.5. The lowest BCUT2D eigenvalue weighted by atomic mass is 9.93. The third-order valence-electron chi connectivity index (χ3n) is 6.51. The normalized spacial score (nSPS) is 16.1. The average molecular weight is 453 g/mol. The molecule has 170 valence electrons. The maximum atomic E-state index is 13.0. The van der Waals surface area contributed by atoms with Gasteiger partial charge in [0.15, 0.2) is 11.3 Å². The molecular weight excluding hydrogens is 430 g/mol. The fraction of sp³-hybridized carbons (Fsp3) is 0.222. The van der Waals surface area contributed by atoms with Crippen LogP contribution in [0.2, 0.25) is 0 Å². The van der Waals surface area contributed by atoms with Gasteiger partial charge in [-0.05, 0) is 23.3 Å². The van der Waals surface area contributed by atoms with E-state index in [2.05, 4.69) is 22.3 Å². The van der Waals surface area contributed by atoms with Crippen LogP contribution in [0.15, 0.2) is 69.6 Å². The van der Waals surface area contributed by atoms with E-state index in [4.69, 9.17) is 13.7 Å². The molecule has 6 rings (SSSR count). The van der Waals surface area contributed by atoms with Crippen LogP contribution in [0.1, 0.15) is 29.4 Å². The molecule has 1 atom stereocenters. The fourth-order valence-corrected chi connectivity index (χ4v) is 4.86. The second kappa shape index (κ2) is 8.02. The summed E-state index contributed by atoms with van der Waals surface area (Å²) in [4.78, 5) is 19.2. The summed E-state index contributed by atoms with van der Waals surface area (Å²) in [7, 11) is 1.65. The molecule has 3 aromatic carbocycles. The van der Waals surface area contributed by atoms with Crippen molar-refractivity contribution in [3.8, 4) is 17.1 Å². The zero-order valence-electron chi connectivity index (χ0n) is 18.9. The number of nitrogens with zero attached hydrogens (tertiary/aromatic N) is 3. The molecule has 1 aliphatic heterocycles. The Morgan fingerprint density at radius 3 is 2.68 bits per heavy atom. The van der Waals surface area contributed by atoms with Gasteiger partial charge in [0, 0.05) is 48.7 Å². The van der Waals surface area contributed by atoms with Crippen molar-refractivity contribution in [2.24, 2.45) is 0 Å². The van der Waals surface area contributed by atoms with Crippen LogP contribution in [0.3, 0.4) is 0 Å². The molecule has 0 saturated carbocycles. The van der Waals surface area contributed by atoms with Crippen LogP contribution in [0.25, 0.3) is 33.3 Å². The smallest absolute Gasteiger partial charge is 0.223 e. The van der Waals surface area contributed by atoms with Crippen molar-refractivity contribution < 1.29 is 18.5 Å². The number of furan rings is 1. The number of fused-ring (bicyclic) bond motifs is 3. The molecule has 1 fully saturated rings. The standard InChI is InChI=1S/C27H23N3O4/c1-16-28-27(29-34-16)18-9-7-17(8-10-18)14-30-15-19(13-24(30)31)20-11-12-23(32-2)26-25(20)21-5-3-4-6-22(21)33-26/h3-12,19H,13-15H2,1-2H3. The van der Waals surface area contributed by atoms with Gasteiger partial charge < -0.3 is 18.6 Å². The van der Waals surface area contributed by atoms with Gasteiger partial charge in [-0.1, -0.05) is 53.7 Å². The second-order valence-corrected chi connectivity index (χ2v) is 8.67. The van der Waals surface area contributed by atoms with Gasteiger partial charge in [0.1, 0.15) is 5.58 Å². The van der Waals surface area contributed by atoms with Gasteiger partial charge >= 0.3 is 0 Å².